The van der Waals surface area contributed by atoms with Crippen molar-refractivity contribution in [2.24, 2.45) is 5.92 Å². The van der Waals surface area contributed by atoms with Crippen LogP contribution in [-0.4, -0.2) is 30.2 Å². The minimum absolute atomic E-state index is 0.180. The van der Waals surface area contributed by atoms with Crippen molar-refractivity contribution in [3.8, 4) is 0 Å². The van der Waals surface area contributed by atoms with E-state index < -0.39 is 0 Å². The Morgan fingerprint density at radius 2 is 2.12 bits per heavy atom. The topological polar surface area (TPSA) is 38.8 Å². The van der Waals surface area contributed by atoms with Crippen molar-refractivity contribution >= 4 is 5.78 Å². The predicted molar refractivity (Wildman–Crippen MR) is 65.9 cm³/mol. The summed E-state index contributed by atoms with van der Waals surface area (Å²) in [6, 6.07) is 0. The first-order chi connectivity index (χ1) is 7.90. The molecule has 0 bridgehead atoms. The number of carbonyl (C=O) groups excluding carboxylic acids is 1. The summed E-state index contributed by atoms with van der Waals surface area (Å²) in [5.41, 5.74) is 0.803. The SMILES string of the molecule is C=C(CC(=O)C1OC1(C)C)C1CCOC(C)C1. The largest absolute Gasteiger partial charge is 0.378 e. The summed E-state index contributed by atoms with van der Waals surface area (Å²) in [7, 11) is 0. The summed E-state index contributed by atoms with van der Waals surface area (Å²) < 4.78 is 10.9. The zero-order valence-electron chi connectivity index (χ0n) is 11.0. The smallest absolute Gasteiger partial charge is 0.168 e. The van der Waals surface area contributed by atoms with Crippen molar-refractivity contribution in [2.45, 2.75) is 57.8 Å². The summed E-state index contributed by atoms with van der Waals surface area (Å²) in [6.45, 7) is 10.8. The quantitative estimate of drug-likeness (QED) is 0.558. The Hall–Kier alpha value is -0.670. The van der Waals surface area contributed by atoms with E-state index in [1.165, 1.54) is 0 Å². The van der Waals surface area contributed by atoms with E-state index in [9.17, 15) is 4.79 Å². The maximum atomic E-state index is 11.9. The van der Waals surface area contributed by atoms with Gasteiger partial charge in [0.15, 0.2) is 5.78 Å². The maximum Gasteiger partial charge on any atom is 0.168 e. The van der Waals surface area contributed by atoms with Gasteiger partial charge in [0.25, 0.3) is 0 Å². The number of rotatable bonds is 4. The molecule has 2 heterocycles. The van der Waals surface area contributed by atoms with Crippen LogP contribution in [0.25, 0.3) is 0 Å². The van der Waals surface area contributed by atoms with Crippen molar-refractivity contribution in [2.75, 3.05) is 6.61 Å². The standard InChI is InChI=1S/C14H22O3/c1-9(11-5-6-16-10(2)8-11)7-12(15)13-14(3,4)17-13/h10-11,13H,1,5-8H2,2-4H3. The Balaban J connectivity index is 1.83. The van der Waals surface area contributed by atoms with Crippen LogP contribution in [0.4, 0.5) is 0 Å². The third-order valence-corrected chi connectivity index (χ3v) is 3.75. The highest BCUT2D eigenvalue weighted by molar-refractivity contribution is 5.88. The fourth-order valence-electron chi connectivity index (χ4n) is 2.55. The average Bonchev–Trinajstić information content (AvgIpc) is 2.88. The molecule has 0 aromatic rings. The molecule has 17 heavy (non-hydrogen) atoms. The molecule has 3 nitrogen and oxygen atoms in total. The molecule has 3 atom stereocenters. The molecule has 0 aliphatic carbocycles. The molecule has 2 aliphatic heterocycles. The van der Waals surface area contributed by atoms with Gasteiger partial charge < -0.3 is 9.47 Å². The molecule has 96 valence electrons. The second-order valence-electron chi connectivity index (χ2n) is 5.81. The molecule has 0 saturated carbocycles. The predicted octanol–water partition coefficient (Wildman–Crippen LogP) is 2.49. The van der Waals surface area contributed by atoms with E-state index in [1.54, 1.807) is 0 Å². The molecule has 0 N–H and O–H groups in total. The van der Waals surface area contributed by atoms with E-state index >= 15 is 0 Å². The van der Waals surface area contributed by atoms with Gasteiger partial charge in [-0.1, -0.05) is 12.2 Å². The molecule has 2 aliphatic rings. The van der Waals surface area contributed by atoms with Crippen molar-refractivity contribution in [3.63, 3.8) is 0 Å². The first-order valence-electron chi connectivity index (χ1n) is 6.40. The summed E-state index contributed by atoms with van der Waals surface area (Å²) in [5.74, 6) is 0.615. The number of hydrogen-bond acceptors (Lipinski definition) is 3. The third-order valence-electron chi connectivity index (χ3n) is 3.75. The first-order valence-corrected chi connectivity index (χ1v) is 6.40. The highest BCUT2D eigenvalue weighted by Gasteiger charge is 2.52. The van der Waals surface area contributed by atoms with Gasteiger partial charge in [-0.2, -0.15) is 0 Å². The van der Waals surface area contributed by atoms with Gasteiger partial charge in [-0.3, -0.25) is 4.79 Å². The maximum absolute atomic E-state index is 11.9. The van der Waals surface area contributed by atoms with Crippen molar-refractivity contribution < 1.29 is 14.3 Å². The van der Waals surface area contributed by atoms with Crippen molar-refractivity contribution in [1.82, 2.24) is 0 Å². The molecule has 0 aromatic heterocycles. The highest BCUT2D eigenvalue weighted by Crippen LogP contribution is 2.38. The number of epoxide rings is 1. The molecule has 0 aromatic carbocycles. The molecule has 3 heteroatoms. The van der Waals surface area contributed by atoms with Gasteiger partial charge >= 0.3 is 0 Å². The third kappa shape index (κ3) is 2.96. The van der Waals surface area contributed by atoms with E-state index in [0.717, 1.165) is 25.0 Å². The lowest BCUT2D eigenvalue weighted by Gasteiger charge is -2.28. The second kappa shape index (κ2) is 4.54. The molecule has 2 rings (SSSR count). The lowest BCUT2D eigenvalue weighted by Crippen LogP contribution is -2.25. The van der Waals surface area contributed by atoms with Crippen molar-refractivity contribution in [3.05, 3.63) is 12.2 Å². The van der Waals surface area contributed by atoms with Gasteiger partial charge in [-0.15, -0.1) is 0 Å². The normalized spacial score (nSPS) is 35.4. The van der Waals surface area contributed by atoms with Crippen LogP contribution in [0.15, 0.2) is 12.2 Å². The monoisotopic (exact) mass is 238 g/mol. The summed E-state index contributed by atoms with van der Waals surface area (Å²) in [6.07, 6.45) is 2.52. The molecule has 0 radical (unpaired) electrons. The van der Waals surface area contributed by atoms with Crippen LogP contribution in [-0.2, 0) is 14.3 Å². The molecule has 3 unspecified atom stereocenters. The lowest BCUT2D eigenvalue weighted by atomic mass is 9.86. The van der Waals surface area contributed by atoms with E-state index in [0.29, 0.717) is 12.3 Å². The van der Waals surface area contributed by atoms with Crippen LogP contribution in [0.5, 0.6) is 0 Å². The summed E-state index contributed by atoms with van der Waals surface area (Å²) in [4.78, 5) is 11.9. The Bertz CT molecular complexity index is 332. The van der Waals surface area contributed by atoms with Gasteiger partial charge in [0.1, 0.15) is 6.10 Å². The molecular weight excluding hydrogens is 216 g/mol. The zero-order valence-corrected chi connectivity index (χ0v) is 11.0. The Labute approximate surface area is 103 Å². The van der Waals surface area contributed by atoms with Gasteiger partial charge in [0.2, 0.25) is 0 Å². The van der Waals surface area contributed by atoms with Gasteiger partial charge in [0, 0.05) is 13.0 Å². The number of ketones is 1. The van der Waals surface area contributed by atoms with Gasteiger partial charge in [-0.25, -0.2) is 0 Å². The Morgan fingerprint density at radius 3 is 2.65 bits per heavy atom. The van der Waals surface area contributed by atoms with Crippen molar-refractivity contribution in [1.29, 1.82) is 0 Å². The minimum atomic E-state index is -0.250. The fraction of sp³-hybridized carbons (Fsp3) is 0.786. The Morgan fingerprint density at radius 1 is 1.47 bits per heavy atom. The second-order valence-corrected chi connectivity index (χ2v) is 5.81. The molecule has 0 spiro atoms. The molecular formula is C14H22O3. The van der Waals surface area contributed by atoms with E-state index in [1.807, 2.05) is 13.8 Å². The van der Waals surface area contributed by atoms with Crippen LogP contribution in [0, 0.1) is 5.92 Å². The van der Waals surface area contributed by atoms with E-state index in [4.69, 9.17) is 9.47 Å². The fourth-order valence-corrected chi connectivity index (χ4v) is 2.55. The summed E-state index contributed by atoms with van der Waals surface area (Å²) >= 11 is 0. The zero-order chi connectivity index (χ0) is 12.6. The van der Waals surface area contributed by atoms with E-state index in [2.05, 4.69) is 13.5 Å². The van der Waals surface area contributed by atoms with Crippen LogP contribution in [0.3, 0.4) is 0 Å². The lowest BCUT2D eigenvalue weighted by molar-refractivity contribution is -0.119. The first kappa shape index (κ1) is 12.8. The Kier molecular flexibility index (Phi) is 3.41. The van der Waals surface area contributed by atoms with Crippen LogP contribution < -0.4 is 0 Å². The van der Waals surface area contributed by atoms with Gasteiger partial charge in [0.05, 0.1) is 11.7 Å². The number of Topliss-reactive ketones (excluding diaryl/α,β-unsaturated/α-hetero) is 1. The average molecular weight is 238 g/mol. The summed E-state index contributed by atoms with van der Waals surface area (Å²) in [5, 5.41) is 0. The number of hydrogen-bond donors (Lipinski definition) is 0. The van der Waals surface area contributed by atoms with E-state index in [-0.39, 0.29) is 23.6 Å². The number of carbonyl (C=O) groups is 1. The van der Waals surface area contributed by atoms with Crippen LogP contribution in [0.1, 0.15) is 40.0 Å². The van der Waals surface area contributed by atoms with Gasteiger partial charge in [-0.05, 0) is 39.5 Å². The minimum Gasteiger partial charge on any atom is -0.378 e. The molecule has 2 fully saturated rings. The highest BCUT2D eigenvalue weighted by atomic mass is 16.6. The number of allylic oxidation sites excluding steroid dienone is 1. The number of ether oxygens (including phenoxy) is 2. The molecule has 2 saturated heterocycles. The van der Waals surface area contributed by atoms with Crippen LogP contribution in [0.2, 0.25) is 0 Å². The van der Waals surface area contributed by atoms with Crippen LogP contribution >= 0.6 is 0 Å². The molecule has 0 amide bonds.